The number of piperazine rings is 1. The van der Waals surface area contributed by atoms with Gasteiger partial charge in [0.25, 0.3) is 0 Å². The number of rotatable bonds is 4. The van der Waals surface area contributed by atoms with Crippen molar-refractivity contribution in [2.24, 2.45) is 0 Å². The zero-order chi connectivity index (χ0) is 22.9. The molecule has 5 rings (SSSR count). The van der Waals surface area contributed by atoms with Crippen molar-refractivity contribution in [1.82, 2.24) is 4.90 Å². The van der Waals surface area contributed by atoms with Crippen LogP contribution in [0.4, 0.5) is 5.69 Å². The summed E-state index contributed by atoms with van der Waals surface area (Å²) in [6.45, 7) is 3.86. The van der Waals surface area contributed by atoms with Crippen LogP contribution in [-0.4, -0.2) is 42.0 Å². The van der Waals surface area contributed by atoms with Gasteiger partial charge in [-0.2, -0.15) is 0 Å². The Balaban J connectivity index is 1.32. The smallest absolute Gasteiger partial charge is 0.231 e. The summed E-state index contributed by atoms with van der Waals surface area (Å²) >= 11 is 9.56. The number of allylic oxidation sites excluding steroid dienone is 1. The third-order valence-corrected chi connectivity index (χ3v) is 6.78. The van der Waals surface area contributed by atoms with Crippen LogP contribution in [0.5, 0.6) is 11.5 Å². The summed E-state index contributed by atoms with van der Waals surface area (Å²) in [5, 5.41) is 11.3. The standard InChI is InChI=1S/C26H22BrClN2O3/c27-18-6-4-17(5-7-18)14-24-25(32)21-8-9-23(31)22(26(21)33-24)16-29-10-12-30(13-11-29)20-3-1-2-19(28)15-20/h1-9,14-15,31H,10-13,16H2/b24-14-. The second kappa shape index (κ2) is 9.21. The number of carbonyl (C=O) groups excluding carboxylic acids is 1. The molecule has 0 bridgehead atoms. The largest absolute Gasteiger partial charge is 0.507 e. The predicted molar refractivity (Wildman–Crippen MR) is 134 cm³/mol. The highest BCUT2D eigenvalue weighted by Gasteiger charge is 2.32. The maximum atomic E-state index is 12.9. The fraction of sp³-hybridized carbons (Fsp3) is 0.192. The lowest BCUT2D eigenvalue weighted by Gasteiger charge is -2.36. The highest BCUT2D eigenvalue weighted by molar-refractivity contribution is 9.10. The summed E-state index contributed by atoms with van der Waals surface area (Å²) in [7, 11) is 0. The van der Waals surface area contributed by atoms with Crippen molar-refractivity contribution in [2.45, 2.75) is 6.54 Å². The topological polar surface area (TPSA) is 53.0 Å². The van der Waals surface area contributed by atoms with Gasteiger partial charge < -0.3 is 14.7 Å². The summed E-state index contributed by atoms with van der Waals surface area (Å²) in [5.74, 6) is 0.703. The lowest BCUT2D eigenvalue weighted by molar-refractivity contribution is 0.101. The van der Waals surface area contributed by atoms with Crippen molar-refractivity contribution in [3.8, 4) is 11.5 Å². The number of carbonyl (C=O) groups is 1. The highest BCUT2D eigenvalue weighted by Crippen LogP contribution is 2.40. The Labute approximate surface area is 206 Å². The van der Waals surface area contributed by atoms with Crippen molar-refractivity contribution in [2.75, 3.05) is 31.1 Å². The van der Waals surface area contributed by atoms with Crippen LogP contribution in [0.25, 0.3) is 6.08 Å². The third-order valence-electron chi connectivity index (χ3n) is 6.01. The Hall–Kier alpha value is -2.80. The van der Waals surface area contributed by atoms with E-state index in [9.17, 15) is 9.90 Å². The van der Waals surface area contributed by atoms with Crippen LogP contribution in [-0.2, 0) is 6.54 Å². The zero-order valence-electron chi connectivity index (χ0n) is 17.8. The second-order valence-electron chi connectivity index (χ2n) is 8.17. The van der Waals surface area contributed by atoms with E-state index >= 15 is 0 Å². The Morgan fingerprint density at radius 2 is 1.79 bits per heavy atom. The molecule has 168 valence electrons. The minimum atomic E-state index is -0.167. The summed E-state index contributed by atoms with van der Waals surface area (Å²) in [6, 6.07) is 18.8. The van der Waals surface area contributed by atoms with E-state index in [0.717, 1.165) is 46.9 Å². The van der Waals surface area contributed by atoms with Crippen LogP contribution >= 0.6 is 27.5 Å². The van der Waals surface area contributed by atoms with Gasteiger partial charge in [-0.15, -0.1) is 0 Å². The molecule has 2 heterocycles. The van der Waals surface area contributed by atoms with Gasteiger partial charge in [-0.3, -0.25) is 9.69 Å². The van der Waals surface area contributed by atoms with E-state index in [2.05, 4.69) is 31.8 Å². The van der Waals surface area contributed by atoms with E-state index in [1.807, 2.05) is 42.5 Å². The molecule has 1 fully saturated rings. The Kier molecular flexibility index (Phi) is 6.15. The number of aromatic hydroxyl groups is 1. The van der Waals surface area contributed by atoms with Gasteiger partial charge in [-0.1, -0.05) is 45.7 Å². The first-order valence-electron chi connectivity index (χ1n) is 10.8. The van der Waals surface area contributed by atoms with Gasteiger partial charge >= 0.3 is 0 Å². The average Bonchev–Trinajstić information content (AvgIpc) is 3.13. The van der Waals surface area contributed by atoms with Gasteiger partial charge in [-0.25, -0.2) is 0 Å². The minimum Gasteiger partial charge on any atom is -0.507 e. The molecular formula is C26H22BrClN2O3. The van der Waals surface area contributed by atoms with E-state index in [0.29, 0.717) is 23.4 Å². The molecule has 1 N–H and O–H groups in total. The number of nitrogens with zero attached hydrogens (tertiary/aromatic N) is 2. The first kappa shape index (κ1) is 22.0. The highest BCUT2D eigenvalue weighted by atomic mass is 79.9. The molecule has 2 aliphatic rings. The quantitative estimate of drug-likeness (QED) is 0.440. The normalized spacial score (nSPS) is 17.3. The molecule has 33 heavy (non-hydrogen) atoms. The number of hydrogen-bond donors (Lipinski definition) is 1. The molecule has 0 aliphatic carbocycles. The lowest BCUT2D eigenvalue weighted by Crippen LogP contribution is -2.46. The number of ketones is 1. The van der Waals surface area contributed by atoms with Crippen LogP contribution < -0.4 is 9.64 Å². The third kappa shape index (κ3) is 4.64. The molecule has 0 atom stereocenters. The molecule has 0 aromatic heterocycles. The first-order chi connectivity index (χ1) is 16.0. The van der Waals surface area contributed by atoms with Gasteiger partial charge in [0.2, 0.25) is 5.78 Å². The van der Waals surface area contributed by atoms with Gasteiger partial charge in [-0.05, 0) is 54.1 Å². The van der Waals surface area contributed by atoms with Crippen molar-refractivity contribution in [3.63, 3.8) is 0 Å². The van der Waals surface area contributed by atoms with Crippen molar-refractivity contribution in [3.05, 3.63) is 92.6 Å². The Morgan fingerprint density at radius 3 is 2.52 bits per heavy atom. The Bertz CT molecular complexity index is 1230. The maximum Gasteiger partial charge on any atom is 0.231 e. The number of ether oxygens (including phenoxy) is 1. The average molecular weight is 526 g/mol. The van der Waals surface area contributed by atoms with E-state index in [1.165, 1.54) is 0 Å². The number of benzene rings is 3. The van der Waals surface area contributed by atoms with Crippen LogP contribution in [0, 0.1) is 0 Å². The molecule has 1 saturated heterocycles. The molecule has 3 aromatic rings. The number of phenols is 1. The number of fused-ring (bicyclic) bond motifs is 1. The molecule has 7 heteroatoms. The van der Waals surface area contributed by atoms with Crippen LogP contribution in [0.1, 0.15) is 21.5 Å². The van der Waals surface area contributed by atoms with Crippen molar-refractivity contribution < 1.29 is 14.6 Å². The molecule has 0 amide bonds. The lowest BCUT2D eigenvalue weighted by atomic mass is 10.0. The molecule has 0 saturated carbocycles. The fourth-order valence-corrected chi connectivity index (χ4v) is 4.67. The van der Waals surface area contributed by atoms with Gasteiger partial charge in [0.15, 0.2) is 5.76 Å². The SMILES string of the molecule is O=C1/C(=C/c2ccc(Br)cc2)Oc2c1ccc(O)c2CN1CCN(c2cccc(Cl)c2)CC1. The van der Waals surface area contributed by atoms with Gasteiger partial charge in [0, 0.05) is 47.9 Å². The van der Waals surface area contributed by atoms with Crippen LogP contribution in [0.15, 0.2) is 70.9 Å². The first-order valence-corrected chi connectivity index (χ1v) is 11.9. The summed E-state index contributed by atoms with van der Waals surface area (Å²) in [5.41, 5.74) is 3.12. The molecule has 0 spiro atoms. The number of hydrogen-bond acceptors (Lipinski definition) is 5. The number of Topliss-reactive ketones (excluding diaryl/α,β-unsaturated/α-hetero) is 1. The maximum absolute atomic E-state index is 12.9. The van der Waals surface area contributed by atoms with Crippen LogP contribution in [0.3, 0.4) is 0 Å². The van der Waals surface area contributed by atoms with E-state index in [1.54, 1.807) is 18.2 Å². The molecule has 3 aromatic carbocycles. The fourth-order valence-electron chi connectivity index (χ4n) is 4.22. The number of halogens is 2. The molecule has 0 unspecified atom stereocenters. The molecule has 0 radical (unpaired) electrons. The van der Waals surface area contributed by atoms with Crippen LogP contribution in [0.2, 0.25) is 5.02 Å². The molecular weight excluding hydrogens is 504 g/mol. The van der Waals surface area contributed by atoms with Crippen molar-refractivity contribution in [1.29, 1.82) is 0 Å². The second-order valence-corrected chi connectivity index (χ2v) is 9.53. The number of anilines is 1. The van der Waals surface area contributed by atoms with Gasteiger partial charge in [0.05, 0.1) is 11.1 Å². The van der Waals surface area contributed by atoms with E-state index < -0.39 is 0 Å². The van der Waals surface area contributed by atoms with Crippen molar-refractivity contribution >= 4 is 45.1 Å². The van der Waals surface area contributed by atoms with E-state index in [-0.39, 0.29) is 17.3 Å². The number of phenolic OH excluding ortho intramolecular Hbond substituents is 1. The summed E-state index contributed by atoms with van der Waals surface area (Å²) in [6.07, 6.45) is 1.74. The zero-order valence-corrected chi connectivity index (χ0v) is 20.1. The summed E-state index contributed by atoms with van der Waals surface area (Å²) < 4.78 is 6.97. The minimum absolute atomic E-state index is 0.142. The monoisotopic (exact) mass is 524 g/mol. The molecule has 2 aliphatic heterocycles. The molecule has 5 nitrogen and oxygen atoms in total. The van der Waals surface area contributed by atoms with E-state index in [4.69, 9.17) is 16.3 Å². The predicted octanol–water partition coefficient (Wildman–Crippen LogP) is 5.75. The van der Waals surface area contributed by atoms with Gasteiger partial charge in [0.1, 0.15) is 11.5 Å². The Morgan fingerprint density at radius 1 is 1.03 bits per heavy atom. The summed E-state index contributed by atoms with van der Waals surface area (Å²) in [4.78, 5) is 17.5.